The van der Waals surface area contributed by atoms with E-state index < -0.39 is 18.2 Å². The summed E-state index contributed by atoms with van der Waals surface area (Å²) in [6.07, 6.45) is 65.8. The van der Waals surface area contributed by atoms with Crippen LogP contribution in [0.1, 0.15) is 278 Å². The summed E-state index contributed by atoms with van der Waals surface area (Å²) in [4.78, 5) is 26.2. The van der Waals surface area contributed by atoms with Crippen molar-refractivity contribution in [1.82, 2.24) is 5.32 Å². The van der Waals surface area contributed by atoms with Crippen LogP contribution in [0.15, 0.2) is 60.8 Å². The van der Waals surface area contributed by atoms with E-state index in [0.717, 1.165) is 70.6 Å². The van der Waals surface area contributed by atoms with Crippen LogP contribution in [0.3, 0.4) is 0 Å². The van der Waals surface area contributed by atoms with E-state index in [1.807, 2.05) is 0 Å². The summed E-state index contributed by atoms with van der Waals surface area (Å²) >= 11 is 0. The Kier molecular flexibility index (Phi) is 50.6. The van der Waals surface area contributed by atoms with Gasteiger partial charge in [-0.3, -0.25) is 9.59 Å². The van der Waals surface area contributed by atoms with Crippen molar-refractivity contribution in [3.8, 4) is 0 Å². The number of hydrogen-bond acceptors (Lipinski definition) is 5. The fraction of sp³-hybridized carbons (Fsp3) is 0.797. The van der Waals surface area contributed by atoms with Crippen LogP contribution in [0, 0.1) is 0 Å². The second kappa shape index (κ2) is 52.5. The topological polar surface area (TPSA) is 95.9 Å². The summed E-state index contributed by atoms with van der Waals surface area (Å²) < 4.78 is 5.93. The second-order valence-electron chi connectivity index (χ2n) is 19.0. The number of ether oxygens (including phenoxy) is 1. The molecule has 3 atom stereocenters. The first kappa shape index (κ1) is 62.6. The van der Waals surface area contributed by atoms with Crippen molar-refractivity contribution in [2.24, 2.45) is 0 Å². The number of rotatable bonds is 50. The standard InChI is InChI=1S/C59H107NO5/c1-4-7-10-13-16-19-22-24-26-28-29-31-33-35-37-40-43-46-49-52-59(64)65-55(50-47-44-41-38-36-34-32-30-27-25-23-20-17-14-11-8-5-2)53-58(63)60-56(54-61)57(62)51-48-45-42-39-21-18-15-12-9-6-3/h17,20,24-27,32,34,38,41,55-57,61-62H,4-16,18-19,21-23,28-31,33,35-37,39-40,42-54H2,1-3H3,(H,60,63)/b20-17-,26-24+,27-25-,34-32-,41-38-. The largest absolute Gasteiger partial charge is 0.462 e. The van der Waals surface area contributed by atoms with Gasteiger partial charge in [0.25, 0.3) is 0 Å². The number of amides is 1. The molecule has 1 amide bonds. The van der Waals surface area contributed by atoms with Crippen molar-refractivity contribution in [2.45, 2.75) is 296 Å². The van der Waals surface area contributed by atoms with Crippen LogP contribution in [0.4, 0.5) is 0 Å². The highest BCUT2D eigenvalue weighted by Crippen LogP contribution is 2.17. The van der Waals surface area contributed by atoms with Crippen molar-refractivity contribution < 1.29 is 24.5 Å². The lowest BCUT2D eigenvalue weighted by Crippen LogP contribution is -2.46. The van der Waals surface area contributed by atoms with E-state index in [4.69, 9.17) is 4.74 Å². The van der Waals surface area contributed by atoms with Crippen LogP contribution in [0.2, 0.25) is 0 Å². The minimum Gasteiger partial charge on any atom is -0.462 e. The van der Waals surface area contributed by atoms with Crippen LogP contribution in [-0.4, -0.2) is 46.9 Å². The van der Waals surface area contributed by atoms with E-state index in [0.29, 0.717) is 19.3 Å². The molecule has 0 saturated carbocycles. The van der Waals surface area contributed by atoms with Gasteiger partial charge in [-0.1, -0.05) is 236 Å². The van der Waals surface area contributed by atoms with Crippen molar-refractivity contribution in [3.63, 3.8) is 0 Å². The first-order valence-corrected chi connectivity index (χ1v) is 28.0. The Hall–Kier alpha value is -2.44. The zero-order chi connectivity index (χ0) is 47.4. The van der Waals surface area contributed by atoms with Gasteiger partial charge in [0, 0.05) is 6.42 Å². The third kappa shape index (κ3) is 47.8. The quantitative estimate of drug-likeness (QED) is 0.0321. The molecule has 0 aliphatic heterocycles. The summed E-state index contributed by atoms with van der Waals surface area (Å²) in [5.41, 5.74) is 0. The number of carbonyl (C=O) groups is 2. The number of unbranched alkanes of at least 4 members (excludes halogenated alkanes) is 28. The highest BCUT2D eigenvalue weighted by Gasteiger charge is 2.24. The molecule has 6 nitrogen and oxygen atoms in total. The molecule has 0 aromatic carbocycles. The maximum Gasteiger partial charge on any atom is 0.306 e. The fourth-order valence-corrected chi connectivity index (χ4v) is 8.30. The van der Waals surface area contributed by atoms with Crippen molar-refractivity contribution in [2.75, 3.05) is 6.61 Å². The van der Waals surface area contributed by atoms with E-state index in [2.05, 4.69) is 86.8 Å². The van der Waals surface area contributed by atoms with Crippen LogP contribution < -0.4 is 5.32 Å². The maximum atomic E-state index is 13.2. The molecule has 0 saturated heterocycles. The second-order valence-corrected chi connectivity index (χ2v) is 19.0. The summed E-state index contributed by atoms with van der Waals surface area (Å²) in [5.74, 6) is -0.525. The van der Waals surface area contributed by atoms with Gasteiger partial charge in [0.05, 0.1) is 25.2 Å². The highest BCUT2D eigenvalue weighted by atomic mass is 16.5. The van der Waals surface area contributed by atoms with Crippen molar-refractivity contribution >= 4 is 11.9 Å². The summed E-state index contributed by atoms with van der Waals surface area (Å²) in [6.45, 7) is 6.44. The molecule has 0 aromatic heterocycles. The van der Waals surface area contributed by atoms with Gasteiger partial charge in [-0.2, -0.15) is 0 Å². The molecule has 0 radical (unpaired) electrons. The number of carbonyl (C=O) groups excluding carboxylic acids is 2. The first-order valence-electron chi connectivity index (χ1n) is 28.0. The summed E-state index contributed by atoms with van der Waals surface area (Å²) in [5, 5.41) is 23.7. The number of hydrogen-bond donors (Lipinski definition) is 3. The smallest absolute Gasteiger partial charge is 0.306 e. The fourth-order valence-electron chi connectivity index (χ4n) is 8.30. The van der Waals surface area contributed by atoms with Crippen LogP contribution in [0.5, 0.6) is 0 Å². The Morgan fingerprint density at radius 2 is 0.800 bits per heavy atom. The molecule has 0 heterocycles. The monoisotopic (exact) mass is 910 g/mol. The molecule has 65 heavy (non-hydrogen) atoms. The third-order valence-corrected chi connectivity index (χ3v) is 12.6. The number of allylic oxidation sites excluding steroid dienone is 10. The van der Waals surface area contributed by atoms with Gasteiger partial charge in [0.2, 0.25) is 5.91 Å². The Morgan fingerprint density at radius 1 is 0.446 bits per heavy atom. The van der Waals surface area contributed by atoms with E-state index in [-0.39, 0.29) is 24.9 Å². The Bertz CT molecular complexity index is 1160. The van der Waals surface area contributed by atoms with Gasteiger partial charge in [0.15, 0.2) is 0 Å². The molecule has 0 bridgehead atoms. The molecule has 6 heteroatoms. The van der Waals surface area contributed by atoms with Gasteiger partial charge in [0.1, 0.15) is 6.10 Å². The molecule has 0 spiro atoms. The molecule has 0 aliphatic rings. The molecular weight excluding hydrogens is 803 g/mol. The number of aliphatic hydroxyl groups excluding tert-OH is 2. The highest BCUT2D eigenvalue weighted by molar-refractivity contribution is 5.77. The zero-order valence-corrected chi connectivity index (χ0v) is 43.1. The predicted molar refractivity (Wildman–Crippen MR) is 282 cm³/mol. The number of aliphatic hydroxyl groups is 2. The molecule has 0 aliphatic carbocycles. The summed E-state index contributed by atoms with van der Waals surface area (Å²) in [7, 11) is 0. The average molecular weight is 911 g/mol. The van der Waals surface area contributed by atoms with E-state index in [9.17, 15) is 19.8 Å². The van der Waals surface area contributed by atoms with Crippen molar-refractivity contribution in [3.05, 3.63) is 60.8 Å². The molecule has 0 aromatic rings. The number of esters is 1. The Balaban J connectivity index is 4.63. The predicted octanol–water partition coefficient (Wildman–Crippen LogP) is 17.2. The third-order valence-electron chi connectivity index (χ3n) is 12.6. The van der Waals surface area contributed by atoms with E-state index in [1.165, 1.54) is 161 Å². The lowest BCUT2D eigenvalue weighted by atomic mass is 10.0. The van der Waals surface area contributed by atoms with E-state index in [1.54, 1.807) is 0 Å². The molecule has 378 valence electrons. The number of nitrogens with one attached hydrogen (secondary N) is 1. The lowest BCUT2D eigenvalue weighted by molar-refractivity contribution is -0.151. The maximum absolute atomic E-state index is 13.2. The minimum atomic E-state index is -0.803. The van der Waals surface area contributed by atoms with Crippen molar-refractivity contribution in [1.29, 1.82) is 0 Å². The van der Waals surface area contributed by atoms with Crippen LogP contribution in [-0.2, 0) is 14.3 Å². The van der Waals surface area contributed by atoms with Gasteiger partial charge >= 0.3 is 5.97 Å². The van der Waals surface area contributed by atoms with Gasteiger partial charge in [-0.05, 0) is 89.9 Å². The molecular formula is C59H107NO5. The summed E-state index contributed by atoms with van der Waals surface area (Å²) in [6, 6.07) is -0.720. The molecule has 0 fully saturated rings. The minimum absolute atomic E-state index is 0.0390. The molecule has 0 rings (SSSR count). The van der Waals surface area contributed by atoms with Crippen LogP contribution in [0.25, 0.3) is 0 Å². The van der Waals surface area contributed by atoms with E-state index >= 15 is 0 Å². The zero-order valence-electron chi connectivity index (χ0n) is 43.1. The van der Waals surface area contributed by atoms with Gasteiger partial charge in [-0.15, -0.1) is 0 Å². The average Bonchev–Trinajstić information content (AvgIpc) is 3.30. The Labute approximate surface area is 403 Å². The molecule has 3 unspecified atom stereocenters. The van der Waals surface area contributed by atoms with Gasteiger partial charge in [-0.25, -0.2) is 0 Å². The SMILES string of the molecule is CCCCC/C=C\C/C=C\C/C=C\C/C=C\CCCC(CC(=O)NC(CO)C(O)CCCCCCCCCCCC)OC(=O)CCCCCCCCCCC/C=C/CCCCCCCC. The Morgan fingerprint density at radius 3 is 1.26 bits per heavy atom. The normalized spacial score (nSPS) is 13.6. The molecule has 3 N–H and O–H groups in total. The lowest BCUT2D eigenvalue weighted by Gasteiger charge is -2.24. The first-order chi connectivity index (χ1) is 32.0. The van der Waals surface area contributed by atoms with Gasteiger partial charge < -0.3 is 20.3 Å². The van der Waals surface area contributed by atoms with Crippen LogP contribution >= 0.6 is 0 Å².